The molecule has 0 unspecified atom stereocenters. The molecule has 0 radical (unpaired) electrons. The van der Waals surface area contributed by atoms with Gasteiger partial charge in [0, 0.05) is 13.1 Å². The molecule has 0 saturated carbocycles. The normalized spacial score (nSPS) is 10.4. The van der Waals surface area contributed by atoms with Crippen LogP contribution in [0, 0.1) is 0 Å². The van der Waals surface area contributed by atoms with E-state index in [1.54, 1.807) is 0 Å². The van der Waals surface area contributed by atoms with Gasteiger partial charge in [0.25, 0.3) is 0 Å². The summed E-state index contributed by atoms with van der Waals surface area (Å²) in [6, 6.07) is 2.16. The van der Waals surface area contributed by atoms with Gasteiger partial charge in [-0.05, 0) is 12.3 Å². The fourth-order valence-corrected chi connectivity index (χ4v) is 3.78. The summed E-state index contributed by atoms with van der Waals surface area (Å²) in [6.45, 7) is 0. The first kappa shape index (κ1) is 15.7. The summed E-state index contributed by atoms with van der Waals surface area (Å²) in [6.07, 6.45) is 1.90. The van der Waals surface area contributed by atoms with E-state index in [-0.39, 0.29) is 17.2 Å². The van der Waals surface area contributed by atoms with Crippen LogP contribution < -0.4 is 10.6 Å². The first-order chi connectivity index (χ1) is 10.0. The molecule has 0 aliphatic carbocycles. The number of urea groups is 1. The number of carbonyl (C=O) groups is 1. The number of thioether (sulfide) groups is 1. The van der Waals surface area contributed by atoms with Crippen LogP contribution in [0.4, 0.5) is 10.5 Å². The number of nitrogens with zero attached hydrogens (tertiary/aromatic N) is 2. The number of amides is 2. The third-order valence-corrected chi connectivity index (χ3v) is 5.31. The Bertz CT molecular complexity index is 662. The van der Waals surface area contributed by atoms with Gasteiger partial charge in [-0.25, -0.2) is 4.79 Å². The van der Waals surface area contributed by atoms with Gasteiger partial charge in [0.15, 0.2) is 8.68 Å². The third-order valence-electron chi connectivity index (χ3n) is 2.31. The molecule has 2 aromatic rings. The van der Waals surface area contributed by atoms with Crippen molar-refractivity contribution in [2.24, 2.45) is 0 Å². The van der Waals surface area contributed by atoms with Crippen molar-refractivity contribution < 1.29 is 15.0 Å². The maximum absolute atomic E-state index is 11.2. The molecule has 0 bridgehead atoms. The first-order valence-electron chi connectivity index (χ1n) is 5.63. The lowest BCUT2D eigenvalue weighted by Crippen LogP contribution is -2.24. The highest BCUT2D eigenvalue weighted by Crippen LogP contribution is 2.41. The van der Waals surface area contributed by atoms with Crippen molar-refractivity contribution in [2.45, 2.75) is 13.6 Å². The topological polar surface area (TPSA) is 107 Å². The Morgan fingerprint density at radius 1 is 1.24 bits per heavy atom. The molecule has 0 atom stereocenters. The van der Waals surface area contributed by atoms with E-state index in [0.29, 0.717) is 9.24 Å². The standard InChI is InChI=1S/C11H12N4O3S3/c1-12-9(18)13-5-3-7(17)8(4-6(5)16)20-11-15-14-10(19-2)21-11/h3-4,16-17H,1-2H3,(H2,12,13,18). The van der Waals surface area contributed by atoms with Crippen molar-refractivity contribution in [3.05, 3.63) is 12.1 Å². The van der Waals surface area contributed by atoms with Crippen LogP contribution in [0.5, 0.6) is 11.5 Å². The molecule has 0 fully saturated rings. The lowest BCUT2D eigenvalue weighted by Gasteiger charge is -2.09. The van der Waals surface area contributed by atoms with Crippen LogP contribution in [0.25, 0.3) is 0 Å². The zero-order chi connectivity index (χ0) is 15.4. The minimum Gasteiger partial charge on any atom is -0.507 e. The number of aromatic hydroxyl groups is 2. The molecule has 1 aromatic carbocycles. The molecule has 1 aromatic heterocycles. The monoisotopic (exact) mass is 344 g/mol. The van der Waals surface area contributed by atoms with Crippen molar-refractivity contribution in [3.8, 4) is 11.5 Å². The van der Waals surface area contributed by atoms with E-state index < -0.39 is 6.03 Å². The Hall–Kier alpha value is -1.65. The van der Waals surface area contributed by atoms with Crippen LogP contribution >= 0.6 is 34.9 Å². The summed E-state index contributed by atoms with van der Waals surface area (Å²) < 4.78 is 1.47. The fraction of sp³-hybridized carbons (Fsp3) is 0.182. The quantitative estimate of drug-likeness (QED) is 0.383. The number of benzene rings is 1. The van der Waals surface area contributed by atoms with E-state index in [2.05, 4.69) is 20.8 Å². The minimum atomic E-state index is -0.487. The number of hydrogen-bond donors (Lipinski definition) is 4. The molecule has 112 valence electrons. The summed E-state index contributed by atoms with van der Waals surface area (Å²) in [5.41, 5.74) is 0.123. The molecule has 0 aliphatic rings. The molecule has 4 N–H and O–H groups in total. The van der Waals surface area contributed by atoms with Crippen molar-refractivity contribution in [3.63, 3.8) is 0 Å². The lowest BCUT2D eigenvalue weighted by molar-refractivity contribution is 0.254. The van der Waals surface area contributed by atoms with Gasteiger partial charge >= 0.3 is 6.03 Å². The van der Waals surface area contributed by atoms with E-state index in [1.165, 1.54) is 54.0 Å². The Morgan fingerprint density at radius 3 is 2.57 bits per heavy atom. The number of anilines is 1. The molecule has 0 spiro atoms. The summed E-state index contributed by atoms with van der Waals surface area (Å²) in [7, 11) is 1.45. The van der Waals surface area contributed by atoms with Crippen LogP contribution in [0.2, 0.25) is 0 Å². The van der Waals surface area contributed by atoms with Gasteiger partial charge in [-0.2, -0.15) is 0 Å². The van der Waals surface area contributed by atoms with Gasteiger partial charge in [-0.3, -0.25) is 0 Å². The first-order valence-corrected chi connectivity index (χ1v) is 8.49. The Morgan fingerprint density at radius 2 is 1.95 bits per heavy atom. The second kappa shape index (κ2) is 6.87. The molecular weight excluding hydrogens is 332 g/mol. The second-order valence-corrected chi connectivity index (χ2v) is 7.00. The minimum absolute atomic E-state index is 0.0647. The van der Waals surface area contributed by atoms with Crippen LogP contribution in [-0.2, 0) is 0 Å². The second-order valence-electron chi connectivity index (χ2n) is 3.68. The fourth-order valence-electron chi connectivity index (χ4n) is 1.34. The Balaban J connectivity index is 2.21. The summed E-state index contributed by atoms with van der Waals surface area (Å²) in [5.74, 6) is -0.210. The van der Waals surface area contributed by atoms with E-state index >= 15 is 0 Å². The zero-order valence-corrected chi connectivity index (χ0v) is 13.5. The molecule has 0 saturated heterocycles. The third kappa shape index (κ3) is 3.93. The Labute approximate surface area is 133 Å². The molecule has 0 aliphatic heterocycles. The molecule has 7 nitrogen and oxygen atoms in total. The number of phenols is 2. The molecular formula is C11H12N4O3S3. The van der Waals surface area contributed by atoms with Crippen LogP contribution in [-0.4, -0.2) is 39.7 Å². The predicted molar refractivity (Wildman–Crippen MR) is 83.7 cm³/mol. The van der Waals surface area contributed by atoms with E-state index in [0.717, 1.165) is 4.34 Å². The molecule has 2 amide bonds. The summed E-state index contributed by atoms with van der Waals surface area (Å²) in [5, 5.41) is 32.6. The van der Waals surface area contributed by atoms with E-state index in [4.69, 9.17) is 0 Å². The summed E-state index contributed by atoms with van der Waals surface area (Å²) in [4.78, 5) is 11.6. The zero-order valence-electron chi connectivity index (χ0n) is 11.1. The highest BCUT2D eigenvalue weighted by atomic mass is 32.2. The van der Waals surface area contributed by atoms with Crippen molar-refractivity contribution >= 4 is 46.6 Å². The number of hydrogen-bond acceptors (Lipinski definition) is 8. The van der Waals surface area contributed by atoms with E-state index in [9.17, 15) is 15.0 Å². The van der Waals surface area contributed by atoms with Gasteiger partial charge in [-0.1, -0.05) is 34.9 Å². The van der Waals surface area contributed by atoms with Gasteiger partial charge in [-0.15, -0.1) is 10.2 Å². The Kier molecular flexibility index (Phi) is 5.15. The van der Waals surface area contributed by atoms with Gasteiger partial charge in [0.05, 0.1) is 10.6 Å². The van der Waals surface area contributed by atoms with Crippen LogP contribution in [0.15, 0.2) is 25.7 Å². The molecule has 2 rings (SSSR count). The van der Waals surface area contributed by atoms with Crippen molar-refractivity contribution in [1.82, 2.24) is 15.5 Å². The van der Waals surface area contributed by atoms with Gasteiger partial charge in [0.2, 0.25) is 0 Å². The number of carbonyl (C=O) groups excluding carboxylic acids is 1. The maximum atomic E-state index is 11.2. The predicted octanol–water partition coefficient (Wildman–Crippen LogP) is 2.57. The maximum Gasteiger partial charge on any atom is 0.319 e. The number of rotatable bonds is 4. The number of aromatic nitrogens is 2. The van der Waals surface area contributed by atoms with Gasteiger partial charge in [0.1, 0.15) is 11.5 Å². The smallest absolute Gasteiger partial charge is 0.319 e. The summed E-state index contributed by atoms with van der Waals surface area (Å²) >= 11 is 4.07. The van der Waals surface area contributed by atoms with Crippen LogP contribution in [0.1, 0.15) is 0 Å². The number of nitrogens with one attached hydrogen (secondary N) is 2. The average molecular weight is 344 g/mol. The SMILES string of the molecule is CNC(=O)Nc1cc(O)c(Sc2nnc(SC)s2)cc1O. The average Bonchev–Trinajstić information content (AvgIpc) is 2.91. The van der Waals surface area contributed by atoms with Gasteiger partial charge < -0.3 is 20.8 Å². The van der Waals surface area contributed by atoms with Crippen molar-refractivity contribution in [1.29, 1.82) is 0 Å². The van der Waals surface area contributed by atoms with Crippen LogP contribution in [0.3, 0.4) is 0 Å². The molecule has 21 heavy (non-hydrogen) atoms. The number of phenolic OH excluding ortho intramolecular Hbond substituents is 2. The highest BCUT2D eigenvalue weighted by Gasteiger charge is 2.14. The molecule has 10 heteroatoms. The largest absolute Gasteiger partial charge is 0.507 e. The van der Waals surface area contributed by atoms with Crippen molar-refractivity contribution in [2.75, 3.05) is 18.6 Å². The molecule has 1 heterocycles. The van der Waals surface area contributed by atoms with E-state index in [1.807, 2.05) is 6.26 Å². The highest BCUT2D eigenvalue weighted by molar-refractivity contribution is 8.03. The lowest BCUT2D eigenvalue weighted by atomic mass is 10.2.